The maximum absolute atomic E-state index is 10.5. The van der Waals surface area contributed by atoms with Crippen LogP contribution in [0.5, 0.6) is 11.5 Å². The minimum Gasteiger partial charge on any atom is -0.508 e. The number of ether oxygens (including phenoxy) is 1. The number of rotatable bonds is 7. The molecular weight excluding hydrogens is 320 g/mol. The molecule has 1 aromatic rings. The highest BCUT2D eigenvalue weighted by atomic mass is 16.5. The van der Waals surface area contributed by atoms with Gasteiger partial charge in [-0.1, -0.05) is 60.1 Å². The molecule has 0 amide bonds. The van der Waals surface area contributed by atoms with E-state index in [1.54, 1.807) is 0 Å². The maximum atomic E-state index is 10.5. The molecule has 2 heteroatoms. The van der Waals surface area contributed by atoms with Crippen molar-refractivity contribution >= 4 is 0 Å². The van der Waals surface area contributed by atoms with Gasteiger partial charge < -0.3 is 9.84 Å². The number of aromatic hydroxyl groups is 1. The van der Waals surface area contributed by atoms with Crippen LogP contribution < -0.4 is 4.74 Å². The van der Waals surface area contributed by atoms with Crippen molar-refractivity contribution in [3.05, 3.63) is 34.9 Å². The van der Waals surface area contributed by atoms with Crippen molar-refractivity contribution in [1.29, 1.82) is 0 Å². The molecule has 0 heterocycles. The highest BCUT2D eigenvalue weighted by Gasteiger charge is 2.25. The average molecular weight is 361 g/mol. The van der Waals surface area contributed by atoms with Gasteiger partial charge in [-0.05, 0) is 62.0 Å². The van der Waals surface area contributed by atoms with Crippen LogP contribution in [0.1, 0.15) is 92.7 Å². The highest BCUT2D eigenvalue weighted by molar-refractivity contribution is 5.51. The van der Waals surface area contributed by atoms with E-state index in [4.69, 9.17) is 4.74 Å². The van der Waals surface area contributed by atoms with E-state index < -0.39 is 0 Å². The smallest absolute Gasteiger partial charge is 0.123 e. The van der Waals surface area contributed by atoms with Gasteiger partial charge in [0.15, 0.2) is 0 Å². The van der Waals surface area contributed by atoms with E-state index >= 15 is 0 Å². The van der Waals surface area contributed by atoms with Crippen LogP contribution in [0.2, 0.25) is 0 Å². The monoisotopic (exact) mass is 360 g/mol. The summed E-state index contributed by atoms with van der Waals surface area (Å²) in [4.78, 5) is 0. The van der Waals surface area contributed by atoms with E-state index in [9.17, 15) is 5.11 Å². The molecule has 0 aliphatic carbocycles. The fourth-order valence-electron chi connectivity index (χ4n) is 3.05. The number of allylic oxidation sites excluding steroid dienone is 2. The fraction of sp³-hybridized carbons (Fsp3) is 0.667. The van der Waals surface area contributed by atoms with Gasteiger partial charge in [-0.2, -0.15) is 0 Å². The van der Waals surface area contributed by atoms with Gasteiger partial charge in [0, 0.05) is 11.1 Å². The number of phenols is 1. The first kappa shape index (κ1) is 22.6. The van der Waals surface area contributed by atoms with E-state index in [-0.39, 0.29) is 10.8 Å². The largest absolute Gasteiger partial charge is 0.508 e. The van der Waals surface area contributed by atoms with Crippen molar-refractivity contribution < 1.29 is 9.84 Å². The maximum Gasteiger partial charge on any atom is 0.123 e. The third-order valence-corrected chi connectivity index (χ3v) is 4.79. The lowest BCUT2D eigenvalue weighted by Gasteiger charge is -2.28. The normalized spacial score (nSPS) is 13.4. The molecule has 1 atom stereocenters. The Morgan fingerprint density at radius 2 is 1.58 bits per heavy atom. The predicted molar refractivity (Wildman–Crippen MR) is 113 cm³/mol. The molecule has 0 aliphatic heterocycles. The molecule has 0 spiro atoms. The van der Waals surface area contributed by atoms with Crippen molar-refractivity contribution in [1.82, 2.24) is 0 Å². The van der Waals surface area contributed by atoms with Crippen molar-refractivity contribution in [3.63, 3.8) is 0 Å². The van der Waals surface area contributed by atoms with Gasteiger partial charge in [-0.25, -0.2) is 0 Å². The predicted octanol–water partition coefficient (Wildman–Crippen LogP) is 7.14. The second kappa shape index (κ2) is 8.97. The zero-order valence-electron chi connectivity index (χ0n) is 18.5. The van der Waals surface area contributed by atoms with Crippen LogP contribution in [0, 0.1) is 5.92 Å². The molecule has 26 heavy (non-hydrogen) atoms. The van der Waals surface area contributed by atoms with Crippen molar-refractivity contribution in [2.75, 3.05) is 6.61 Å². The summed E-state index contributed by atoms with van der Waals surface area (Å²) in [6.07, 6.45) is 5.70. The minimum atomic E-state index is -0.115. The van der Waals surface area contributed by atoms with Crippen LogP contribution in [-0.4, -0.2) is 11.7 Å². The van der Waals surface area contributed by atoms with Crippen molar-refractivity contribution in [3.8, 4) is 11.5 Å². The Labute approximate surface area is 161 Å². The van der Waals surface area contributed by atoms with E-state index in [1.807, 2.05) is 12.1 Å². The Balaban J connectivity index is 2.88. The lowest BCUT2D eigenvalue weighted by molar-refractivity contribution is 0.272. The Kier molecular flexibility index (Phi) is 7.80. The Morgan fingerprint density at radius 3 is 2.08 bits per heavy atom. The van der Waals surface area contributed by atoms with Gasteiger partial charge in [0.1, 0.15) is 11.5 Å². The summed E-state index contributed by atoms with van der Waals surface area (Å²) in [5, 5.41) is 10.5. The molecular formula is C24H40O2. The van der Waals surface area contributed by atoms with Crippen LogP contribution in [0.25, 0.3) is 0 Å². The number of hydrogen-bond acceptors (Lipinski definition) is 2. The van der Waals surface area contributed by atoms with E-state index in [0.717, 1.165) is 29.7 Å². The van der Waals surface area contributed by atoms with Gasteiger partial charge in [0.25, 0.3) is 0 Å². The fourth-order valence-corrected chi connectivity index (χ4v) is 3.05. The number of phenolic OH excluding ortho intramolecular Hbond substituents is 1. The summed E-state index contributed by atoms with van der Waals surface area (Å²) in [6.45, 7) is 20.2. The summed E-state index contributed by atoms with van der Waals surface area (Å²) < 4.78 is 6.23. The van der Waals surface area contributed by atoms with E-state index in [1.165, 1.54) is 12.0 Å². The summed E-state index contributed by atoms with van der Waals surface area (Å²) in [7, 11) is 0. The Morgan fingerprint density at radius 1 is 1.00 bits per heavy atom. The zero-order chi connectivity index (χ0) is 20.1. The number of benzene rings is 1. The quantitative estimate of drug-likeness (QED) is 0.524. The van der Waals surface area contributed by atoms with Crippen molar-refractivity contribution in [2.24, 2.45) is 5.92 Å². The first-order chi connectivity index (χ1) is 11.8. The van der Waals surface area contributed by atoms with Crippen molar-refractivity contribution in [2.45, 2.75) is 92.4 Å². The van der Waals surface area contributed by atoms with Gasteiger partial charge >= 0.3 is 0 Å². The summed E-state index contributed by atoms with van der Waals surface area (Å²) >= 11 is 0. The van der Waals surface area contributed by atoms with Gasteiger partial charge in [0.05, 0.1) is 6.61 Å². The van der Waals surface area contributed by atoms with Crippen LogP contribution in [0.4, 0.5) is 0 Å². The molecule has 0 radical (unpaired) electrons. The number of hydrogen-bond donors (Lipinski definition) is 1. The third kappa shape index (κ3) is 7.05. The van der Waals surface area contributed by atoms with E-state index in [2.05, 4.69) is 68.4 Å². The molecule has 0 saturated carbocycles. The molecule has 0 fully saturated rings. The molecule has 0 aliphatic rings. The molecule has 148 valence electrons. The minimum absolute atomic E-state index is 0.0711. The topological polar surface area (TPSA) is 29.5 Å². The second-order valence-electron chi connectivity index (χ2n) is 9.97. The SMILES string of the molecule is CC(C)=CCCC(C)CCOc1cc(C(C)(C)C)c(O)cc1C(C)(C)C. The first-order valence-corrected chi connectivity index (χ1v) is 9.96. The van der Waals surface area contributed by atoms with Crippen LogP contribution in [0.3, 0.4) is 0 Å². The van der Waals surface area contributed by atoms with E-state index in [0.29, 0.717) is 18.3 Å². The zero-order valence-corrected chi connectivity index (χ0v) is 18.5. The molecule has 0 saturated heterocycles. The van der Waals surface area contributed by atoms with Gasteiger partial charge in [-0.3, -0.25) is 0 Å². The second-order valence-corrected chi connectivity index (χ2v) is 9.97. The Bertz CT molecular complexity index is 608. The third-order valence-electron chi connectivity index (χ3n) is 4.79. The van der Waals surface area contributed by atoms with Gasteiger partial charge in [0.2, 0.25) is 0 Å². The molecule has 2 nitrogen and oxygen atoms in total. The summed E-state index contributed by atoms with van der Waals surface area (Å²) in [5.74, 6) is 1.92. The lowest BCUT2D eigenvalue weighted by Crippen LogP contribution is -2.17. The molecule has 1 unspecified atom stereocenters. The van der Waals surface area contributed by atoms with Crippen LogP contribution >= 0.6 is 0 Å². The molecule has 0 bridgehead atoms. The molecule has 1 rings (SSSR count). The standard InChI is InChI=1S/C24H40O2/c1-17(2)11-10-12-18(3)13-14-26-22-16-19(23(4,5)6)21(25)15-20(22)24(7,8)9/h11,15-16,18,25H,10,12-14H2,1-9H3. The molecule has 0 aromatic heterocycles. The molecule has 1 N–H and O–H groups in total. The summed E-state index contributed by atoms with van der Waals surface area (Å²) in [5.41, 5.74) is 3.22. The Hall–Kier alpha value is -1.44. The van der Waals surface area contributed by atoms with Crippen LogP contribution in [0.15, 0.2) is 23.8 Å². The summed E-state index contributed by atoms with van der Waals surface area (Å²) in [6, 6.07) is 3.94. The highest BCUT2D eigenvalue weighted by Crippen LogP contribution is 2.40. The molecule has 1 aromatic carbocycles. The average Bonchev–Trinajstić information content (AvgIpc) is 2.45. The van der Waals surface area contributed by atoms with Crippen LogP contribution in [-0.2, 0) is 10.8 Å². The first-order valence-electron chi connectivity index (χ1n) is 9.96. The lowest BCUT2D eigenvalue weighted by atomic mass is 9.81. The van der Waals surface area contributed by atoms with Gasteiger partial charge in [-0.15, -0.1) is 0 Å².